The highest BCUT2D eigenvalue weighted by Crippen LogP contribution is 2.19. The van der Waals surface area contributed by atoms with Gasteiger partial charge in [0.2, 0.25) is 0 Å². The molecule has 0 aliphatic rings. The van der Waals surface area contributed by atoms with Crippen LogP contribution < -0.4 is 11.1 Å². The fourth-order valence-electron chi connectivity index (χ4n) is 1.64. The van der Waals surface area contributed by atoms with E-state index in [1.54, 1.807) is 12.4 Å². The topological polar surface area (TPSA) is 80.9 Å². The van der Waals surface area contributed by atoms with Gasteiger partial charge in [0.05, 0.1) is 12.2 Å². The Kier molecular flexibility index (Phi) is 3.88. The highest BCUT2D eigenvalue weighted by molar-refractivity contribution is 7.17. The molecule has 2 aromatic heterocycles. The molecule has 0 saturated carbocycles. The van der Waals surface area contributed by atoms with E-state index in [1.807, 2.05) is 19.1 Å². The van der Waals surface area contributed by atoms with E-state index in [4.69, 9.17) is 5.73 Å². The van der Waals surface area contributed by atoms with E-state index in [9.17, 15) is 4.79 Å². The number of hydrogen-bond acceptors (Lipinski definition) is 5. The van der Waals surface area contributed by atoms with Crippen LogP contribution in [0.15, 0.2) is 30.7 Å². The van der Waals surface area contributed by atoms with Crippen LogP contribution in [-0.2, 0) is 0 Å². The summed E-state index contributed by atoms with van der Waals surface area (Å²) >= 11 is 1.19. The monoisotopic (exact) mass is 262 g/mol. The maximum atomic E-state index is 12.0. The van der Waals surface area contributed by atoms with Gasteiger partial charge in [0.1, 0.15) is 4.88 Å². The quantitative estimate of drug-likeness (QED) is 0.883. The van der Waals surface area contributed by atoms with Gasteiger partial charge < -0.3 is 11.1 Å². The highest BCUT2D eigenvalue weighted by atomic mass is 32.1. The molecule has 2 rings (SSSR count). The maximum absolute atomic E-state index is 12.0. The zero-order chi connectivity index (χ0) is 13.0. The van der Waals surface area contributed by atoms with E-state index in [-0.39, 0.29) is 11.9 Å². The first kappa shape index (κ1) is 12.5. The van der Waals surface area contributed by atoms with Crippen molar-refractivity contribution >= 4 is 22.4 Å². The van der Waals surface area contributed by atoms with E-state index >= 15 is 0 Å². The van der Waals surface area contributed by atoms with E-state index in [2.05, 4.69) is 15.3 Å². The molecular weight excluding hydrogens is 248 g/mol. The van der Waals surface area contributed by atoms with Crippen molar-refractivity contribution in [3.63, 3.8) is 0 Å². The van der Waals surface area contributed by atoms with Crippen molar-refractivity contribution in [3.05, 3.63) is 41.2 Å². The molecule has 0 fully saturated rings. The average Bonchev–Trinajstić information content (AvgIpc) is 2.83. The Hall–Kier alpha value is -1.95. The summed E-state index contributed by atoms with van der Waals surface area (Å²) in [4.78, 5) is 20.4. The second kappa shape index (κ2) is 5.59. The number of pyridine rings is 1. The number of anilines is 1. The normalized spacial score (nSPS) is 12.1. The Bertz CT molecular complexity index is 526. The van der Waals surface area contributed by atoms with Crippen LogP contribution in [0.25, 0.3) is 0 Å². The summed E-state index contributed by atoms with van der Waals surface area (Å²) in [5, 5.41) is 3.36. The van der Waals surface area contributed by atoms with Gasteiger partial charge in [0, 0.05) is 12.4 Å². The smallest absolute Gasteiger partial charge is 0.263 e. The summed E-state index contributed by atoms with van der Waals surface area (Å²) in [6.45, 7) is 2.02. The van der Waals surface area contributed by atoms with Gasteiger partial charge in [-0.05, 0) is 24.1 Å². The largest absolute Gasteiger partial charge is 0.375 e. The van der Waals surface area contributed by atoms with Crippen LogP contribution in [0.2, 0.25) is 0 Å². The minimum Gasteiger partial charge on any atom is -0.375 e. The van der Waals surface area contributed by atoms with Gasteiger partial charge >= 0.3 is 0 Å². The third-order valence-corrected chi connectivity index (χ3v) is 3.39. The van der Waals surface area contributed by atoms with Crippen LogP contribution in [0.3, 0.4) is 0 Å². The second-order valence-corrected chi connectivity index (χ2v) is 4.84. The number of carbonyl (C=O) groups is 1. The molecule has 0 unspecified atom stereocenters. The predicted molar refractivity (Wildman–Crippen MR) is 71.3 cm³/mol. The Morgan fingerprint density at radius 3 is 2.78 bits per heavy atom. The number of hydrogen-bond donors (Lipinski definition) is 2. The molecule has 94 valence electrons. The number of nitrogens with two attached hydrogens (primary N) is 1. The molecule has 2 aromatic rings. The third-order valence-electron chi connectivity index (χ3n) is 2.57. The fourth-order valence-corrected chi connectivity index (χ4v) is 2.23. The molecular formula is C12H14N4OS. The molecule has 0 spiro atoms. The first-order valence-electron chi connectivity index (χ1n) is 5.62. The number of nitrogen functional groups attached to an aromatic ring is 1. The minimum atomic E-state index is -0.145. The summed E-state index contributed by atoms with van der Waals surface area (Å²) in [5.74, 6) is -0.145. The zero-order valence-electron chi connectivity index (χ0n) is 9.96. The predicted octanol–water partition coefficient (Wildman–Crippen LogP) is 2.00. The number of nitrogens with one attached hydrogen (secondary N) is 1. The van der Waals surface area contributed by atoms with Crippen molar-refractivity contribution in [3.8, 4) is 0 Å². The van der Waals surface area contributed by atoms with Crippen LogP contribution in [-0.4, -0.2) is 15.9 Å². The molecule has 5 nitrogen and oxygen atoms in total. The van der Waals surface area contributed by atoms with Crippen LogP contribution in [0.1, 0.15) is 34.6 Å². The fraction of sp³-hybridized carbons (Fsp3) is 0.250. The standard InChI is InChI=1S/C12H14N4OS/c1-2-9(8-3-5-14-6-4-8)16-11(17)10-7-15-12(13)18-10/h3-7,9H,2H2,1H3,(H2,13,15)(H,16,17)/t9-/m1/s1. The lowest BCUT2D eigenvalue weighted by atomic mass is 10.1. The molecule has 1 atom stereocenters. The summed E-state index contributed by atoms with van der Waals surface area (Å²) < 4.78 is 0. The maximum Gasteiger partial charge on any atom is 0.263 e. The lowest BCUT2D eigenvalue weighted by Gasteiger charge is -2.16. The third kappa shape index (κ3) is 2.84. The van der Waals surface area contributed by atoms with Crippen LogP contribution >= 0.6 is 11.3 Å². The van der Waals surface area contributed by atoms with E-state index < -0.39 is 0 Å². The van der Waals surface area contributed by atoms with Gasteiger partial charge in [-0.2, -0.15) is 0 Å². The number of carbonyl (C=O) groups excluding carboxylic acids is 1. The summed E-state index contributed by atoms with van der Waals surface area (Å²) in [5.41, 5.74) is 6.55. The molecule has 18 heavy (non-hydrogen) atoms. The molecule has 0 saturated heterocycles. The van der Waals surface area contributed by atoms with Crippen LogP contribution in [0.5, 0.6) is 0 Å². The van der Waals surface area contributed by atoms with Crippen molar-refractivity contribution in [1.82, 2.24) is 15.3 Å². The van der Waals surface area contributed by atoms with E-state index in [0.29, 0.717) is 10.0 Å². The molecule has 1 amide bonds. The summed E-state index contributed by atoms with van der Waals surface area (Å²) in [6, 6.07) is 3.77. The lowest BCUT2D eigenvalue weighted by molar-refractivity contribution is 0.0939. The first-order chi connectivity index (χ1) is 8.70. The number of nitrogens with zero attached hydrogens (tertiary/aromatic N) is 2. The highest BCUT2D eigenvalue weighted by Gasteiger charge is 2.15. The molecule has 0 aromatic carbocycles. The number of aromatic nitrogens is 2. The van der Waals surface area contributed by atoms with Gasteiger partial charge in [-0.15, -0.1) is 0 Å². The van der Waals surface area contributed by atoms with Gasteiger partial charge in [0.15, 0.2) is 5.13 Å². The van der Waals surface area contributed by atoms with Crippen molar-refractivity contribution in [2.75, 3.05) is 5.73 Å². The molecule has 0 radical (unpaired) electrons. The molecule has 6 heteroatoms. The van der Waals surface area contributed by atoms with Gasteiger partial charge in [0.25, 0.3) is 5.91 Å². The number of rotatable bonds is 4. The van der Waals surface area contributed by atoms with Gasteiger partial charge in [-0.1, -0.05) is 18.3 Å². The molecule has 3 N–H and O–H groups in total. The van der Waals surface area contributed by atoms with E-state index in [1.165, 1.54) is 17.5 Å². The number of thiazole rings is 1. The van der Waals surface area contributed by atoms with Crippen LogP contribution in [0, 0.1) is 0 Å². The summed E-state index contributed by atoms with van der Waals surface area (Å²) in [7, 11) is 0. The lowest BCUT2D eigenvalue weighted by Crippen LogP contribution is -2.27. The van der Waals surface area contributed by atoms with Gasteiger partial charge in [-0.25, -0.2) is 4.98 Å². The second-order valence-electron chi connectivity index (χ2n) is 3.78. The summed E-state index contributed by atoms with van der Waals surface area (Å²) in [6.07, 6.45) is 5.74. The van der Waals surface area contributed by atoms with Crippen molar-refractivity contribution < 1.29 is 4.79 Å². The molecule has 0 aliphatic carbocycles. The molecule has 2 heterocycles. The minimum absolute atomic E-state index is 0.0242. The Labute approximate surface area is 109 Å². The van der Waals surface area contributed by atoms with Crippen molar-refractivity contribution in [2.24, 2.45) is 0 Å². The van der Waals surface area contributed by atoms with Crippen molar-refractivity contribution in [2.45, 2.75) is 19.4 Å². The van der Waals surface area contributed by atoms with Gasteiger partial charge in [-0.3, -0.25) is 9.78 Å². The molecule has 0 aliphatic heterocycles. The van der Waals surface area contributed by atoms with E-state index in [0.717, 1.165) is 12.0 Å². The van der Waals surface area contributed by atoms with Crippen molar-refractivity contribution in [1.29, 1.82) is 0 Å². The first-order valence-corrected chi connectivity index (χ1v) is 6.44. The van der Waals surface area contributed by atoms with Crippen LogP contribution in [0.4, 0.5) is 5.13 Å². The Morgan fingerprint density at radius 1 is 1.50 bits per heavy atom. The molecule has 0 bridgehead atoms. The zero-order valence-corrected chi connectivity index (χ0v) is 10.8. The average molecular weight is 262 g/mol. The Morgan fingerprint density at radius 2 is 2.22 bits per heavy atom. The Balaban J connectivity index is 2.10. The number of amides is 1. The SMILES string of the molecule is CC[C@@H](NC(=O)c1cnc(N)s1)c1ccncc1.